The monoisotopic (exact) mass is 156 g/mol. The van der Waals surface area contributed by atoms with Gasteiger partial charge in [-0.2, -0.15) is 0 Å². The van der Waals surface area contributed by atoms with E-state index in [1.165, 1.54) is 0 Å². The quantitative estimate of drug-likeness (QED) is 0.437. The molecule has 1 aliphatic carbocycles. The lowest BCUT2D eigenvalue weighted by Gasteiger charge is -2.23. The summed E-state index contributed by atoms with van der Waals surface area (Å²) < 4.78 is 10.3. The van der Waals surface area contributed by atoms with Gasteiger partial charge >= 0.3 is 0 Å². The molecule has 2 fully saturated rings. The highest BCUT2D eigenvalue weighted by Gasteiger charge is 2.47. The third kappa shape index (κ3) is 1.25. The number of fused-ring (bicyclic) bond motifs is 1. The zero-order valence-corrected chi connectivity index (χ0v) is 6.53. The lowest BCUT2D eigenvalue weighted by Crippen LogP contribution is -2.29. The Bertz CT molecular complexity index is 169. The van der Waals surface area contributed by atoms with Crippen molar-refractivity contribution in [3.8, 4) is 0 Å². The fourth-order valence-corrected chi connectivity index (χ4v) is 1.83. The maximum absolute atomic E-state index is 10.1. The molecule has 1 heterocycles. The summed E-state index contributed by atoms with van der Waals surface area (Å²) in [6.07, 6.45) is 2.89. The van der Waals surface area contributed by atoms with Gasteiger partial charge in [-0.1, -0.05) is 6.92 Å². The Labute approximate surface area is 65.7 Å². The molecular formula is C8H12O3. The van der Waals surface area contributed by atoms with Crippen LogP contribution in [0.25, 0.3) is 0 Å². The molecule has 0 aromatic heterocycles. The van der Waals surface area contributed by atoms with Gasteiger partial charge in [-0.15, -0.1) is 0 Å². The number of ether oxygens (including phenoxy) is 2. The standard InChI is InChI=1S/C8H12O3/c1-5-2-7-8(11-7)3-6(5)10-4-9/h4-8H,2-3H2,1H3. The molecule has 0 radical (unpaired) electrons. The van der Waals surface area contributed by atoms with Gasteiger partial charge in [0.15, 0.2) is 0 Å². The number of epoxide rings is 1. The van der Waals surface area contributed by atoms with E-state index < -0.39 is 0 Å². The molecule has 4 atom stereocenters. The Balaban J connectivity index is 1.92. The average molecular weight is 156 g/mol. The van der Waals surface area contributed by atoms with Gasteiger partial charge in [0.1, 0.15) is 6.10 Å². The van der Waals surface area contributed by atoms with E-state index in [0.29, 0.717) is 24.6 Å². The van der Waals surface area contributed by atoms with E-state index in [2.05, 4.69) is 6.92 Å². The highest BCUT2D eigenvalue weighted by atomic mass is 16.6. The van der Waals surface area contributed by atoms with Crippen LogP contribution in [0.15, 0.2) is 0 Å². The molecule has 2 rings (SSSR count). The summed E-state index contributed by atoms with van der Waals surface area (Å²) in [6.45, 7) is 2.65. The van der Waals surface area contributed by atoms with Crippen molar-refractivity contribution < 1.29 is 14.3 Å². The van der Waals surface area contributed by atoms with E-state index in [1.807, 2.05) is 0 Å². The van der Waals surface area contributed by atoms with Gasteiger partial charge in [0.05, 0.1) is 12.2 Å². The van der Waals surface area contributed by atoms with Gasteiger partial charge in [0.2, 0.25) is 0 Å². The summed E-state index contributed by atoms with van der Waals surface area (Å²) in [5.41, 5.74) is 0. The number of hydrogen-bond acceptors (Lipinski definition) is 3. The summed E-state index contributed by atoms with van der Waals surface area (Å²) in [6, 6.07) is 0. The van der Waals surface area contributed by atoms with Crippen LogP contribution in [-0.4, -0.2) is 24.8 Å². The minimum absolute atomic E-state index is 0.0937. The first kappa shape index (κ1) is 7.10. The summed E-state index contributed by atoms with van der Waals surface area (Å²) in [5, 5.41) is 0. The van der Waals surface area contributed by atoms with Crippen molar-refractivity contribution in [3.05, 3.63) is 0 Å². The maximum atomic E-state index is 10.1. The Hall–Kier alpha value is -0.570. The minimum Gasteiger partial charge on any atom is -0.464 e. The van der Waals surface area contributed by atoms with Gasteiger partial charge in [-0.25, -0.2) is 0 Å². The van der Waals surface area contributed by atoms with Crippen LogP contribution in [0.3, 0.4) is 0 Å². The Morgan fingerprint density at radius 3 is 2.91 bits per heavy atom. The van der Waals surface area contributed by atoms with Gasteiger partial charge in [0, 0.05) is 6.42 Å². The van der Waals surface area contributed by atoms with Crippen molar-refractivity contribution in [1.29, 1.82) is 0 Å². The van der Waals surface area contributed by atoms with Gasteiger partial charge in [-0.05, 0) is 12.3 Å². The van der Waals surface area contributed by atoms with Crippen molar-refractivity contribution in [2.75, 3.05) is 0 Å². The molecule has 0 amide bonds. The van der Waals surface area contributed by atoms with Crippen LogP contribution < -0.4 is 0 Å². The molecule has 0 bridgehead atoms. The normalized spacial score (nSPS) is 47.7. The first-order valence-electron chi connectivity index (χ1n) is 4.06. The summed E-state index contributed by atoms with van der Waals surface area (Å²) in [5.74, 6) is 0.462. The second-order valence-corrected chi connectivity index (χ2v) is 3.43. The Morgan fingerprint density at radius 1 is 1.45 bits per heavy atom. The second kappa shape index (κ2) is 2.48. The molecule has 0 aromatic carbocycles. The number of carbonyl (C=O) groups is 1. The maximum Gasteiger partial charge on any atom is 0.293 e. The number of carbonyl (C=O) groups excluding carboxylic acids is 1. The van der Waals surface area contributed by atoms with E-state index >= 15 is 0 Å². The van der Waals surface area contributed by atoms with Crippen molar-refractivity contribution in [2.45, 2.75) is 38.1 Å². The molecule has 0 N–H and O–H groups in total. The fourth-order valence-electron chi connectivity index (χ4n) is 1.83. The van der Waals surface area contributed by atoms with Gasteiger partial charge in [0.25, 0.3) is 6.47 Å². The van der Waals surface area contributed by atoms with Crippen LogP contribution in [0.5, 0.6) is 0 Å². The molecule has 1 saturated carbocycles. The molecule has 1 aliphatic heterocycles. The Kier molecular flexibility index (Phi) is 1.60. The average Bonchev–Trinajstić information content (AvgIpc) is 2.67. The van der Waals surface area contributed by atoms with Crippen LogP contribution in [0.1, 0.15) is 19.8 Å². The van der Waals surface area contributed by atoms with Crippen LogP contribution in [0.2, 0.25) is 0 Å². The predicted molar refractivity (Wildman–Crippen MR) is 38.0 cm³/mol. The lowest BCUT2D eigenvalue weighted by atomic mass is 9.88. The molecule has 0 aromatic rings. The zero-order chi connectivity index (χ0) is 7.84. The highest BCUT2D eigenvalue weighted by Crippen LogP contribution is 2.40. The predicted octanol–water partition coefficient (Wildman–Crippen LogP) is 0.725. The summed E-state index contributed by atoms with van der Waals surface area (Å²) >= 11 is 0. The lowest BCUT2D eigenvalue weighted by molar-refractivity contribution is -0.136. The highest BCUT2D eigenvalue weighted by molar-refractivity contribution is 5.37. The second-order valence-electron chi connectivity index (χ2n) is 3.43. The van der Waals surface area contributed by atoms with Crippen molar-refractivity contribution >= 4 is 6.47 Å². The first-order valence-corrected chi connectivity index (χ1v) is 4.06. The molecule has 1 saturated heterocycles. The van der Waals surface area contributed by atoms with Gasteiger partial charge < -0.3 is 9.47 Å². The third-order valence-corrected chi connectivity index (χ3v) is 2.62. The molecule has 62 valence electrons. The largest absolute Gasteiger partial charge is 0.464 e. The molecule has 3 heteroatoms. The summed E-state index contributed by atoms with van der Waals surface area (Å²) in [4.78, 5) is 10.1. The van der Waals surface area contributed by atoms with Crippen LogP contribution >= 0.6 is 0 Å². The number of hydrogen-bond donors (Lipinski definition) is 0. The van der Waals surface area contributed by atoms with Gasteiger partial charge in [-0.3, -0.25) is 4.79 Å². The summed E-state index contributed by atoms with van der Waals surface area (Å²) in [7, 11) is 0. The molecule has 0 spiro atoms. The third-order valence-electron chi connectivity index (χ3n) is 2.62. The first-order chi connectivity index (χ1) is 5.31. The molecule has 11 heavy (non-hydrogen) atoms. The SMILES string of the molecule is CC1CC2OC2CC1OC=O. The topological polar surface area (TPSA) is 38.8 Å². The van der Waals surface area contributed by atoms with E-state index in [1.54, 1.807) is 0 Å². The molecule has 3 nitrogen and oxygen atoms in total. The van der Waals surface area contributed by atoms with Crippen LogP contribution in [0, 0.1) is 5.92 Å². The van der Waals surface area contributed by atoms with Crippen molar-refractivity contribution in [1.82, 2.24) is 0 Å². The zero-order valence-electron chi connectivity index (χ0n) is 6.53. The minimum atomic E-state index is 0.0937. The molecular weight excluding hydrogens is 144 g/mol. The van der Waals surface area contributed by atoms with E-state index in [0.717, 1.165) is 12.8 Å². The number of rotatable bonds is 2. The molecule has 4 unspecified atom stereocenters. The van der Waals surface area contributed by atoms with Crippen LogP contribution in [0.4, 0.5) is 0 Å². The van der Waals surface area contributed by atoms with Crippen molar-refractivity contribution in [3.63, 3.8) is 0 Å². The Morgan fingerprint density at radius 2 is 2.18 bits per heavy atom. The fraction of sp³-hybridized carbons (Fsp3) is 0.875. The smallest absolute Gasteiger partial charge is 0.293 e. The van der Waals surface area contributed by atoms with E-state index in [-0.39, 0.29) is 6.10 Å². The van der Waals surface area contributed by atoms with Crippen molar-refractivity contribution in [2.24, 2.45) is 5.92 Å². The van der Waals surface area contributed by atoms with Crippen LogP contribution in [-0.2, 0) is 14.3 Å². The van der Waals surface area contributed by atoms with E-state index in [9.17, 15) is 4.79 Å². The van der Waals surface area contributed by atoms with E-state index in [4.69, 9.17) is 9.47 Å². The molecule has 2 aliphatic rings.